The number of hydrogen-bond donors (Lipinski definition) is 2. The van der Waals surface area contributed by atoms with Gasteiger partial charge in [-0.3, -0.25) is 14.6 Å². The van der Waals surface area contributed by atoms with Gasteiger partial charge in [0.2, 0.25) is 11.9 Å². The van der Waals surface area contributed by atoms with Gasteiger partial charge >= 0.3 is 0 Å². The van der Waals surface area contributed by atoms with Gasteiger partial charge in [0.1, 0.15) is 0 Å². The molecule has 1 spiro atoms. The van der Waals surface area contributed by atoms with Crippen molar-refractivity contribution in [1.29, 1.82) is 0 Å². The number of carbonyl (C=O) groups is 1. The van der Waals surface area contributed by atoms with Crippen LogP contribution < -0.4 is 15.8 Å². The van der Waals surface area contributed by atoms with Gasteiger partial charge in [-0.25, -0.2) is 4.98 Å². The first-order valence-corrected chi connectivity index (χ1v) is 11.6. The van der Waals surface area contributed by atoms with Crippen molar-refractivity contribution in [2.45, 2.75) is 50.4 Å². The first kappa shape index (κ1) is 25.3. The lowest BCUT2D eigenvalue weighted by Gasteiger charge is -2.40. The lowest BCUT2D eigenvalue weighted by molar-refractivity contribution is -0.137. The molecule has 1 aromatic rings. The molecule has 180 valence electrons. The van der Waals surface area contributed by atoms with E-state index in [9.17, 15) is 9.59 Å². The Morgan fingerprint density at radius 2 is 1.78 bits per heavy atom. The summed E-state index contributed by atoms with van der Waals surface area (Å²) in [5.41, 5.74) is 1.83. The second kappa shape index (κ2) is 10.7. The predicted molar refractivity (Wildman–Crippen MR) is 128 cm³/mol. The quantitative estimate of drug-likeness (QED) is 0.658. The van der Waals surface area contributed by atoms with E-state index in [2.05, 4.69) is 20.1 Å². The van der Waals surface area contributed by atoms with E-state index in [0.717, 1.165) is 95.5 Å². The first-order valence-electron chi connectivity index (χ1n) is 11.6. The number of aromatic amines is 1. The number of rotatable bonds is 2. The SMILES string of the molecule is Cl.Cl.O=C(C1CCCNCC1)N1CCC2(CCc3c2nc(N2CCOCC2)[nH]c3=O)CC1. The summed E-state index contributed by atoms with van der Waals surface area (Å²) in [6.07, 6.45) is 6.62. The van der Waals surface area contributed by atoms with Crippen LogP contribution in [0.3, 0.4) is 0 Å². The molecule has 32 heavy (non-hydrogen) atoms. The van der Waals surface area contributed by atoms with Crippen molar-refractivity contribution in [2.75, 3.05) is 57.4 Å². The Labute approximate surface area is 201 Å². The van der Waals surface area contributed by atoms with Crippen molar-refractivity contribution in [3.63, 3.8) is 0 Å². The molecule has 2 N–H and O–H groups in total. The molecule has 1 atom stereocenters. The maximum absolute atomic E-state index is 13.1. The van der Waals surface area contributed by atoms with E-state index < -0.39 is 0 Å². The molecule has 3 saturated heterocycles. The molecule has 4 aliphatic rings. The number of morpholine rings is 1. The zero-order valence-corrected chi connectivity index (χ0v) is 20.2. The normalized spacial score (nSPS) is 24.8. The Morgan fingerprint density at radius 1 is 1.03 bits per heavy atom. The first-order chi connectivity index (χ1) is 14.7. The number of nitrogens with one attached hydrogen (secondary N) is 2. The molecule has 4 heterocycles. The van der Waals surface area contributed by atoms with Gasteiger partial charge in [-0.1, -0.05) is 0 Å². The molecular formula is C22H35Cl2N5O3. The Kier molecular flexibility index (Phi) is 8.47. The molecule has 1 aliphatic carbocycles. The average Bonchev–Trinajstić information content (AvgIpc) is 2.95. The van der Waals surface area contributed by atoms with E-state index in [-0.39, 0.29) is 41.7 Å². The van der Waals surface area contributed by atoms with Gasteiger partial charge < -0.3 is 19.9 Å². The van der Waals surface area contributed by atoms with Crippen LogP contribution in [0.4, 0.5) is 5.95 Å². The van der Waals surface area contributed by atoms with Crippen LogP contribution in [0.2, 0.25) is 0 Å². The lowest BCUT2D eigenvalue weighted by atomic mass is 9.76. The van der Waals surface area contributed by atoms with Crippen LogP contribution in [0.5, 0.6) is 0 Å². The molecule has 10 heteroatoms. The van der Waals surface area contributed by atoms with Gasteiger partial charge in [0.25, 0.3) is 5.56 Å². The van der Waals surface area contributed by atoms with Gasteiger partial charge in [-0.05, 0) is 58.0 Å². The van der Waals surface area contributed by atoms with Gasteiger partial charge in [-0.15, -0.1) is 24.8 Å². The van der Waals surface area contributed by atoms with E-state index in [1.165, 1.54) is 0 Å². The highest BCUT2D eigenvalue weighted by atomic mass is 35.5. The van der Waals surface area contributed by atoms with E-state index in [4.69, 9.17) is 9.72 Å². The number of anilines is 1. The average molecular weight is 488 g/mol. The van der Waals surface area contributed by atoms with Crippen LogP contribution in [0.15, 0.2) is 4.79 Å². The fraction of sp³-hybridized carbons (Fsp3) is 0.773. The standard InChI is InChI=1S/C22H33N5O3.2ClH/c28-19-17-3-5-22(18(17)24-21(25-19)27-12-14-30-15-13-27)6-10-26(11-7-22)20(29)16-2-1-8-23-9-4-16;;/h16,23H,1-15H2,(H,24,25,28);2*1H. The summed E-state index contributed by atoms with van der Waals surface area (Å²) in [6.45, 7) is 6.38. The third-order valence-electron chi connectivity index (χ3n) is 7.63. The van der Waals surface area contributed by atoms with Crippen LogP contribution in [-0.4, -0.2) is 73.3 Å². The summed E-state index contributed by atoms with van der Waals surface area (Å²) in [4.78, 5) is 38.1. The summed E-state index contributed by atoms with van der Waals surface area (Å²) in [7, 11) is 0. The maximum Gasteiger partial charge on any atom is 0.255 e. The highest BCUT2D eigenvalue weighted by Crippen LogP contribution is 2.45. The molecule has 8 nitrogen and oxygen atoms in total. The number of piperidine rings is 1. The maximum atomic E-state index is 13.1. The third kappa shape index (κ3) is 4.79. The summed E-state index contributed by atoms with van der Waals surface area (Å²) >= 11 is 0. The molecule has 0 radical (unpaired) electrons. The second-order valence-corrected chi connectivity index (χ2v) is 9.30. The Morgan fingerprint density at radius 3 is 2.53 bits per heavy atom. The van der Waals surface area contributed by atoms with E-state index >= 15 is 0 Å². The molecule has 0 bridgehead atoms. The predicted octanol–water partition coefficient (Wildman–Crippen LogP) is 1.65. The summed E-state index contributed by atoms with van der Waals surface area (Å²) in [6, 6.07) is 0. The van der Waals surface area contributed by atoms with Crippen LogP contribution in [-0.2, 0) is 21.4 Å². The van der Waals surface area contributed by atoms with E-state index in [0.29, 0.717) is 25.1 Å². The van der Waals surface area contributed by atoms with Crippen molar-refractivity contribution >= 4 is 36.7 Å². The molecule has 1 unspecified atom stereocenters. The van der Waals surface area contributed by atoms with Crippen molar-refractivity contribution in [1.82, 2.24) is 20.2 Å². The van der Waals surface area contributed by atoms with Gasteiger partial charge in [0.15, 0.2) is 0 Å². The van der Waals surface area contributed by atoms with Crippen LogP contribution in [0.25, 0.3) is 0 Å². The molecule has 0 saturated carbocycles. The molecular weight excluding hydrogens is 453 g/mol. The number of nitrogens with zero attached hydrogens (tertiary/aromatic N) is 3. The molecule has 3 fully saturated rings. The van der Waals surface area contributed by atoms with E-state index in [1.54, 1.807) is 0 Å². The van der Waals surface area contributed by atoms with Crippen LogP contribution in [0.1, 0.15) is 49.8 Å². The Bertz CT molecular complexity index is 842. The highest BCUT2D eigenvalue weighted by molar-refractivity contribution is 5.85. The molecule has 5 rings (SSSR count). The number of likely N-dealkylation sites (tertiary alicyclic amines) is 1. The van der Waals surface area contributed by atoms with Gasteiger partial charge in [-0.2, -0.15) is 0 Å². The molecule has 1 aromatic heterocycles. The monoisotopic (exact) mass is 487 g/mol. The smallest absolute Gasteiger partial charge is 0.255 e. The topological polar surface area (TPSA) is 90.6 Å². The second-order valence-electron chi connectivity index (χ2n) is 9.30. The van der Waals surface area contributed by atoms with Crippen LogP contribution >= 0.6 is 24.8 Å². The van der Waals surface area contributed by atoms with Crippen molar-refractivity contribution in [2.24, 2.45) is 5.92 Å². The van der Waals surface area contributed by atoms with Gasteiger partial charge in [0.05, 0.1) is 18.9 Å². The van der Waals surface area contributed by atoms with Crippen molar-refractivity contribution in [3.8, 4) is 0 Å². The number of hydrogen-bond acceptors (Lipinski definition) is 6. The number of aromatic nitrogens is 2. The lowest BCUT2D eigenvalue weighted by Crippen LogP contribution is -2.47. The fourth-order valence-electron chi connectivity index (χ4n) is 5.73. The minimum Gasteiger partial charge on any atom is -0.378 e. The number of carbonyl (C=O) groups excluding carboxylic acids is 1. The summed E-state index contributed by atoms with van der Waals surface area (Å²) in [5, 5.41) is 3.40. The zero-order valence-electron chi connectivity index (χ0n) is 18.6. The van der Waals surface area contributed by atoms with Gasteiger partial charge in [0, 0.05) is 43.1 Å². The third-order valence-corrected chi connectivity index (χ3v) is 7.63. The number of halogens is 2. The summed E-state index contributed by atoms with van der Waals surface area (Å²) < 4.78 is 5.44. The zero-order chi connectivity index (χ0) is 20.6. The minimum absolute atomic E-state index is 0. The molecule has 3 aliphatic heterocycles. The summed E-state index contributed by atoms with van der Waals surface area (Å²) in [5.74, 6) is 1.19. The highest BCUT2D eigenvalue weighted by Gasteiger charge is 2.45. The number of H-pyrrole nitrogens is 1. The fourth-order valence-corrected chi connectivity index (χ4v) is 5.73. The molecule has 0 aromatic carbocycles. The minimum atomic E-state index is -0.0492. The largest absolute Gasteiger partial charge is 0.378 e. The number of ether oxygens (including phenoxy) is 1. The number of fused-ring (bicyclic) bond motifs is 2. The van der Waals surface area contributed by atoms with E-state index in [1.807, 2.05) is 0 Å². The number of amides is 1. The van der Waals surface area contributed by atoms with Crippen LogP contribution in [0, 0.1) is 5.92 Å². The molecule has 1 amide bonds. The Balaban J connectivity index is 0.00000144. The van der Waals surface area contributed by atoms with Crippen molar-refractivity contribution < 1.29 is 9.53 Å². The Hall–Kier alpha value is -1.35. The van der Waals surface area contributed by atoms with Crippen molar-refractivity contribution in [3.05, 3.63) is 21.6 Å².